The van der Waals surface area contributed by atoms with Crippen molar-refractivity contribution in [3.8, 4) is 5.75 Å². The molecule has 216 valence electrons. The van der Waals surface area contributed by atoms with Crippen molar-refractivity contribution >= 4 is 17.8 Å². The predicted molar refractivity (Wildman–Crippen MR) is 137 cm³/mol. The first kappa shape index (κ1) is 33.3. The average Bonchev–Trinajstić information content (AvgIpc) is 2.85. The summed E-state index contributed by atoms with van der Waals surface area (Å²) in [7, 11) is 0. The summed E-state index contributed by atoms with van der Waals surface area (Å²) >= 11 is 0. The molecule has 0 spiro atoms. The van der Waals surface area contributed by atoms with Crippen LogP contribution in [-0.2, 0) is 44.5 Å². The van der Waals surface area contributed by atoms with E-state index in [-0.39, 0.29) is 26.1 Å². The largest absolute Gasteiger partial charge is 0.482 e. The van der Waals surface area contributed by atoms with Crippen LogP contribution in [0.3, 0.4) is 0 Å². The van der Waals surface area contributed by atoms with Gasteiger partial charge in [-0.3, -0.25) is 4.79 Å². The summed E-state index contributed by atoms with van der Waals surface area (Å²) in [6.45, 7) is 9.15. The normalized spacial score (nSPS) is 12.1. The summed E-state index contributed by atoms with van der Waals surface area (Å²) in [5.74, 6) is -1.61. The van der Waals surface area contributed by atoms with E-state index in [1.165, 1.54) is 0 Å². The van der Waals surface area contributed by atoms with Crippen molar-refractivity contribution in [3.63, 3.8) is 0 Å². The van der Waals surface area contributed by atoms with E-state index in [0.717, 1.165) is 6.54 Å². The molecule has 38 heavy (non-hydrogen) atoms. The van der Waals surface area contributed by atoms with Gasteiger partial charge in [0.2, 0.25) is 5.91 Å². The Kier molecular flexibility index (Phi) is 16.9. The molecule has 1 amide bonds. The van der Waals surface area contributed by atoms with Crippen molar-refractivity contribution in [3.05, 3.63) is 29.8 Å². The van der Waals surface area contributed by atoms with Crippen molar-refractivity contribution in [2.24, 2.45) is 0 Å². The summed E-state index contributed by atoms with van der Waals surface area (Å²) in [4.78, 5) is 35.6. The van der Waals surface area contributed by atoms with Gasteiger partial charge < -0.3 is 44.6 Å². The Morgan fingerprint density at radius 2 is 1.39 bits per heavy atom. The highest BCUT2D eigenvalue weighted by atomic mass is 16.6. The quantitative estimate of drug-likeness (QED) is 0.144. The highest BCUT2D eigenvalue weighted by Crippen LogP contribution is 2.15. The van der Waals surface area contributed by atoms with E-state index in [4.69, 9.17) is 28.4 Å². The Morgan fingerprint density at radius 1 is 0.868 bits per heavy atom. The molecule has 1 aromatic carbocycles. The van der Waals surface area contributed by atoms with Crippen molar-refractivity contribution in [2.45, 2.75) is 45.3 Å². The number of benzene rings is 1. The Labute approximate surface area is 224 Å². The van der Waals surface area contributed by atoms with E-state index in [0.29, 0.717) is 57.6 Å². The van der Waals surface area contributed by atoms with Gasteiger partial charge in [-0.15, -0.1) is 0 Å². The minimum Gasteiger partial charge on any atom is -0.482 e. The van der Waals surface area contributed by atoms with E-state index in [1.807, 2.05) is 0 Å². The molecule has 1 unspecified atom stereocenters. The fourth-order valence-electron chi connectivity index (χ4n) is 2.97. The van der Waals surface area contributed by atoms with Crippen molar-refractivity contribution in [2.75, 3.05) is 66.0 Å². The SMILES string of the molecule is CC(C)(C)OC(=O)COc1ccc(CC(NC(=O)CCOCCOCCOCCOCC[NH3+])C(=O)O)cc1. The van der Waals surface area contributed by atoms with E-state index in [2.05, 4.69) is 11.1 Å². The van der Waals surface area contributed by atoms with Crippen LogP contribution in [0.5, 0.6) is 5.75 Å². The molecule has 0 aliphatic rings. The molecule has 12 heteroatoms. The second-order valence-electron chi connectivity index (χ2n) is 9.23. The first-order chi connectivity index (χ1) is 18.1. The maximum atomic E-state index is 12.2. The van der Waals surface area contributed by atoms with Crippen molar-refractivity contribution in [1.82, 2.24) is 5.32 Å². The Bertz CT molecular complexity index is 811. The molecule has 12 nitrogen and oxygen atoms in total. The van der Waals surface area contributed by atoms with Gasteiger partial charge in [0.15, 0.2) is 6.61 Å². The molecule has 1 aromatic rings. The average molecular weight is 544 g/mol. The molecule has 0 fully saturated rings. The number of hydrogen-bond acceptors (Lipinski definition) is 9. The number of hydrogen-bond donors (Lipinski definition) is 3. The minimum absolute atomic E-state index is 0.0254. The molecule has 0 aliphatic heterocycles. The molecule has 1 atom stereocenters. The molecule has 0 radical (unpaired) electrons. The predicted octanol–water partition coefficient (Wildman–Crippen LogP) is 0.217. The topological polar surface area (TPSA) is 166 Å². The first-order valence-electron chi connectivity index (χ1n) is 12.7. The molecule has 5 N–H and O–H groups in total. The van der Waals surface area contributed by atoms with Crippen molar-refractivity contribution < 1.29 is 53.6 Å². The van der Waals surface area contributed by atoms with Crippen LogP contribution in [0.4, 0.5) is 0 Å². The van der Waals surface area contributed by atoms with Crippen LogP contribution in [-0.4, -0.2) is 101 Å². The summed E-state index contributed by atoms with van der Waals surface area (Å²) in [5.41, 5.74) is 3.77. The third-order valence-electron chi connectivity index (χ3n) is 4.65. The lowest BCUT2D eigenvalue weighted by molar-refractivity contribution is -0.374. The lowest BCUT2D eigenvalue weighted by Gasteiger charge is -2.19. The number of esters is 1. The number of carboxylic acids is 1. The summed E-state index contributed by atoms with van der Waals surface area (Å²) in [5, 5.41) is 12.0. The fraction of sp³-hybridized carbons (Fsp3) is 0.654. The zero-order chi connectivity index (χ0) is 28.2. The van der Waals surface area contributed by atoms with Crippen LogP contribution < -0.4 is 15.8 Å². The summed E-state index contributed by atoms with van der Waals surface area (Å²) < 4.78 is 31.9. The van der Waals surface area contributed by atoms with Gasteiger partial charge in [0.25, 0.3) is 0 Å². The van der Waals surface area contributed by atoms with Crippen LogP contribution in [0, 0.1) is 0 Å². The third-order valence-corrected chi connectivity index (χ3v) is 4.65. The smallest absolute Gasteiger partial charge is 0.344 e. The number of carboxylic acid groups (broad SMARTS) is 1. The highest BCUT2D eigenvalue weighted by Gasteiger charge is 2.20. The maximum absolute atomic E-state index is 12.2. The summed E-state index contributed by atoms with van der Waals surface area (Å²) in [6, 6.07) is 5.52. The zero-order valence-electron chi connectivity index (χ0n) is 22.7. The van der Waals surface area contributed by atoms with E-state index < -0.39 is 29.5 Å². The van der Waals surface area contributed by atoms with Gasteiger partial charge in [-0.25, -0.2) is 9.59 Å². The molecule has 0 saturated carbocycles. The Balaban J connectivity index is 2.22. The molecule has 0 aromatic heterocycles. The van der Waals surface area contributed by atoms with E-state index >= 15 is 0 Å². The van der Waals surface area contributed by atoms with Gasteiger partial charge in [0, 0.05) is 12.8 Å². The maximum Gasteiger partial charge on any atom is 0.344 e. The van der Waals surface area contributed by atoms with Gasteiger partial charge in [-0.05, 0) is 38.5 Å². The Hall–Kier alpha value is -2.77. The minimum atomic E-state index is -1.14. The second-order valence-corrected chi connectivity index (χ2v) is 9.23. The molecule has 0 bridgehead atoms. The van der Waals surface area contributed by atoms with Gasteiger partial charge in [-0.1, -0.05) is 12.1 Å². The van der Waals surface area contributed by atoms with E-state index in [9.17, 15) is 19.5 Å². The van der Waals surface area contributed by atoms with Crippen LogP contribution in [0.25, 0.3) is 0 Å². The van der Waals surface area contributed by atoms with E-state index in [1.54, 1.807) is 45.0 Å². The molecule has 0 saturated heterocycles. The standard InChI is InChI=1S/C26H42N2O10/c1-26(2,3)38-24(30)19-37-21-6-4-20(5-7-21)18-22(25(31)32)28-23(29)8-10-33-12-14-35-16-17-36-15-13-34-11-9-27/h4-7,22H,8-19,27H2,1-3H3,(H,28,29)(H,31,32)/p+1. The Morgan fingerprint density at radius 3 is 1.89 bits per heavy atom. The van der Waals surface area contributed by atoms with Gasteiger partial charge >= 0.3 is 11.9 Å². The number of rotatable bonds is 21. The fourth-order valence-corrected chi connectivity index (χ4v) is 2.97. The number of quaternary nitrogens is 1. The number of ether oxygens (including phenoxy) is 6. The molecule has 0 heterocycles. The first-order valence-corrected chi connectivity index (χ1v) is 12.7. The van der Waals surface area contributed by atoms with Crippen LogP contribution in [0.15, 0.2) is 24.3 Å². The highest BCUT2D eigenvalue weighted by molar-refractivity contribution is 5.83. The lowest BCUT2D eigenvalue weighted by Crippen LogP contribution is -2.52. The van der Waals surface area contributed by atoms with Crippen LogP contribution in [0.2, 0.25) is 0 Å². The van der Waals surface area contributed by atoms with Crippen LogP contribution >= 0.6 is 0 Å². The number of nitrogens with one attached hydrogen (secondary N) is 1. The molecular formula is C26H43N2O10+. The molecular weight excluding hydrogens is 500 g/mol. The number of amides is 1. The van der Waals surface area contributed by atoms with Gasteiger partial charge in [0.1, 0.15) is 17.4 Å². The van der Waals surface area contributed by atoms with Gasteiger partial charge in [0.05, 0.1) is 59.4 Å². The number of carbonyl (C=O) groups is 3. The monoisotopic (exact) mass is 543 g/mol. The third kappa shape index (κ3) is 17.6. The molecule has 0 aliphatic carbocycles. The van der Waals surface area contributed by atoms with Crippen LogP contribution in [0.1, 0.15) is 32.8 Å². The summed E-state index contributed by atoms with van der Waals surface area (Å²) in [6.07, 6.45) is 0.115. The van der Waals surface area contributed by atoms with Crippen molar-refractivity contribution in [1.29, 1.82) is 0 Å². The second kappa shape index (κ2) is 19.3. The lowest BCUT2D eigenvalue weighted by atomic mass is 10.1. The molecule has 1 rings (SSSR count). The zero-order valence-corrected chi connectivity index (χ0v) is 22.7. The van der Waals surface area contributed by atoms with Gasteiger partial charge in [-0.2, -0.15) is 0 Å². The number of aliphatic carboxylic acids is 1. The number of carbonyl (C=O) groups excluding carboxylic acids is 2.